The molecule has 1 N–H and O–H groups in total. The Bertz CT molecular complexity index is 890. The number of amides is 1. The molecule has 7 nitrogen and oxygen atoms in total. The summed E-state index contributed by atoms with van der Waals surface area (Å²) < 4.78 is 1.52. The van der Waals surface area contributed by atoms with Crippen molar-refractivity contribution in [3.63, 3.8) is 0 Å². The van der Waals surface area contributed by atoms with Crippen LogP contribution in [0.1, 0.15) is 32.6 Å². The third-order valence-electron chi connectivity index (χ3n) is 3.84. The highest BCUT2D eigenvalue weighted by atomic mass is 16.2. The molecule has 0 spiro atoms. The predicted octanol–water partition coefficient (Wildman–Crippen LogP) is 2.35. The van der Waals surface area contributed by atoms with Gasteiger partial charge < -0.3 is 0 Å². The van der Waals surface area contributed by atoms with E-state index in [9.17, 15) is 4.79 Å². The van der Waals surface area contributed by atoms with Gasteiger partial charge in [0.1, 0.15) is 6.33 Å². The lowest BCUT2D eigenvalue weighted by Gasteiger charge is -2.06. The number of carbonyl (C=O) groups is 1. The number of tetrazole rings is 1. The topological polar surface area (TPSA) is 85.1 Å². The standard InChI is InChI=1S/C18H18N6O/c1-12-8-13(2)17(14(3)9-12)10-19-21-18(25)15-4-6-16(7-5-15)24-11-20-22-23-24/h4-11H,1-3H3,(H,21,25)/b19-10+. The Kier molecular flexibility index (Phi) is 4.65. The van der Waals surface area contributed by atoms with E-state index in [1.165, 1.54) is 16.6 Å². The maximum atomic E-state index is 12.2. The molecule has 0 radical (unpaired) electrons. The second-order valence-corrected chi connectivity index (χ2v) is 5.81. The van der Waals surface area contributed by atoms with E-state index in [2.05, 4.69) is 45.1 Å². The van der Waals surface area contributed by atoms with E-state index >= 15 is 0 Å². The molecule has 0 saturated carbocycles. The first-order valence-corrected chi connectivity index (χ1v) is 7.79. The quantitative estimate of drug-likeness (QED) is 0.586. The van der Waals surface area contributed by atoms with Crippen LogP contribution in [-0.4, -0.2) is 32.3 Å². The smallest absolute Gasteiger partial charge is 0.267 e. The number of hydrazone groups is 1. The average molecular weight is 334 g/mol. The fourth-order valence-corrected chi connectivity index (χ4v) is 2.66. The van der Waals surface area contributed by atoms with E-state index in [4.69, 9.17) is 0 Å². The summed E-state index contributed by atoms with van der Waals surface area (Å²) in [4.78, 5) is 12.2. The molecule has 0 aliphatic rings. The predicted molar refractivity (Wildman–Crippen MR) is 94.9 cm³/mol. The molecule has 1 amide bonds. The molecule has 0 fully saturated rings. The minimum atomic E-state index is -0.276. The van der Waals surface area contributed by atoms with Gasteiger partial charge in [0.05, 0.1) is 11.9 Å². The first kappa shape index (κ1) is 16.5. The lowest BCUT2D eigenvalue weighted by atomic mass is 10.0. The molecule has 2 aromatic carbocycles. The first-order chi connectivity index (χ1) is 12.0. The molecule has 1 heterocycles. The monoisotopic (exact) mass is 334 g/mol. The molecule has 0 unspecified atom stereocenters. The Hall–Kier alpha value is -3.35. The molecule has 0 bridgehead atoms. The van der Waals surface area contributed by atoms with Gasteiger partial charge in [-0.25, -0.2) is 10.1 Å². The molecule has 25 heavy (non-hydrogen) atoms. The zero-order valence-electron chi connectivity index (χ0n) is 14.3. The molecule has 0 aliphatic carbocycles. The Morgan fingerprint density at radius 1 is 1.12 bits per heavy atom. The molecule has 0 saturated heterocycles. The van der Waals surface area contributed by atoms with Crippen LogP contribution in [0.25, 0.3) is 5.69 Å². The Morgan fingerprint density at radius 2 is 1.80 bits per heavy atom. The Morgan fingerprint density at radius 3 is 2.40 bits per heavy atom. The highest BCUT2D eigenvalue weighted by molar-refractivity contribution is 5.95. The third kappa shape index (κ3) is 3.77. The van der Waals surface area contributed by atoms with Crippen molar-refractivity contribution in [2.75, 3.05) is 0 Å². The van der Waals surface area contributed by atoms with Crippen molar-refractivity contribution in [1.82, 2.24) is 25.6 Å². The van der Waals surface area contributed by atoms with Crippen LogP contribution in [-0.2, 0) is 0 Å². The first-order valence-electron chi connectivity index (χ1n) is 7.79. The Balaban J connectivity index is 1.69. The number of carbonyl (C=O) groups excluding carboxylic acids is 1. The average Bonchev–Trinajstić information content (AvgIpc) is 3.11. The van der Waals surface area contributed by atoms with Gasteiger partial charge >= 0.3 is 0 Å². The van der Waals surface area contributed by atoms with Gasteiger partial charge in [-0.15, -0.1) is 5.10 Å². The number of hydrogen-bond acceptors (Lipinski definition) is 5. The van der Waals surface area contributed by atoms with Gasteiger partial charge in [0.25, 0.3) is 5.91 Å². The van der Waals surface area contributed by atoms with Gasteiger partial charge in [-0.1, -0.05) is 17.7 Å². The minimum Gasteiger partial charge on any atom is -0.267 e. The molecular weight excluding hydrogens is 316 g/mol. The molecule has 3 rings (SSSR count). The zero-order valence-corrected chi connectivity index (χ0v) is 14.3. The van der Waals surface area contributed by atoms with Crippen LogP contribution < -0.4 is 5.43 Å². The minimum absolute atomic E-state index is 0.276. The SMILES string of the molecule is Cc1cc(C)c(/C=N/NC(=O)c2ccc(-n3cnnn3)cc2)c(C)c1. The van der Waals surface area contributed by atoms with Crippen molar-refractivity contribution in [1.29, 1.82) is 0 Å². The zero-order chi connectivity index (χ0) is 17.8. The molecule has 7 heteroatoms. The van der Waals surface area contributed by atoms with E-state index in [0.717, 1.165) is 22.4 Å². The summed E-state index contributed by atoms with van der Waals surface area (Å²) in [5.41, 5.74) is 8.31. The lowest BCUT2D eigenvalue weighted by Crippen LogP contribution is -2.17. The van der Waals surface area contributed by atoms with Crippen molar-refractivity contribution in [2.45, 2.75) is 20.8 Å². The largest absolute Gasteiger partial charge is 0.271 e. The molecule has 0 atom stereocenters. The molecule has 3 aromatic rings. The van der Waals surface area contributed by atoms with E-state index in [0.29, 0.717) is 5.56 Å². The van der Waals surface area contributed by atoms with Crippen LogP contribution in [0.5, 0.6) is 0 Å². The van der Waals surface area contributed by atoms with Crippen LogP contribution in [0.4, 0.5) is 0 Å². The number of nitrogens with one attached hydrogen (secondary N) is 1. The van der Waals surface area contributed by atoms with Crippen molar-refractivity contribution < 1.29 is 4.79 Å². The maximum absolute atomic E-state index is 12.2. The fourth-order valence-electron chi connectivity index (χ4n) is 2.66. The van der Waals surface area contributed by atoms with Crippen LogP contribution >= 0.6 is 0 Å². The van der Waals surface area contributed by atoms with Gasteiger partial charge in [0.15, 0.2) is 0 Å². The van der Waals surface area contributed by atoms with Gasteiger partial charge in [0.2, 0.25) is 0 Å². The number of aromatic nitrogens is 4. The van der Waals surface area contributed by atoms with Gasteiger partial charge in [0, 0.05) is 11.1 Å². The molecular formula is C18H18N6O. The van der Waals surface area contributed by atoms with Crippen LogP contribution in [0.2, 0.25) is 0 Å². The normalized spacial score (nSPS) is 11.0. The van der Waals surface area contributed by atoms with Crippen LogP contribution in [0.3, 0.4) is 0 Å². The highest BCUT2D eigenvalue weighted by Gasteiger charge is 2.06. The van der Waals surface area contributed by atoms with Gasteiger partial charge in [-0.2, -0.15) is 5.10 Å². The van der Waals surface area contributed by atoms with Crippen molar-refractivity contribution in [3.05, 3.63) is 70.5 Å². The fraction of sp³-hybridized carbons (Fsp3) is 0.167. The number of aryl methyl sites for hydroxylation is 3. The highest BCUT2D eigenvalue weighted by Crippen LogP contribution is 2.14. The van der Waals surface area contributed by atoms with Gasteiger partial charge in [-0.3, -0.25) is 4.79 Å². The summed E-state index contributed by atoms with van der Waals surface area (Å²) in [6.45, 7) is 6.11. The van der Waals surface area contributed by atoms with Crippen LogP contribution in [0, 0.1) is 20.8 Å². The van der Waals surface area contributed by atoms with Crippen molar-refractivity contribution >= 4 is 12.1 Å². The Labute approximate surface area is 145 Å². The summed E-state index contributed by atoms with van der Waals surface area (Å²) >= 11 is 0. The summed E-state index contributed by atoms with van der Waals surface area (Å²) in [7, 11) is 0. The molecule has 0 aliphatic heterocycles. The van der Waals surface area contributed by atoms with Crippen LogP contribution in [0.15, 0.2) is 47.8 Å². The molecule has 1 aromatic heterocycles. The summed E-state index contributed by atoms with van der Waals surface area (Å²) in [5.74, 6) is -0.276. The number of nitrogens with zero attached hydrogens (tertiary/aromatic N) is 5. The summed E-state index contributed by atoms with van der Waals surface area (Å²) in [6.07, 6.45) is 3.17. The lowest BCUT2D eigenvalue weighted by molar-refractivity contribution is 0.0955. The second-order valence-electron chi connectivity index (χ2n) is 5.81. The van der Waals surface area contributed by atoms with Crippen molar-refractivity contribution in [2.24, 2.45) is 5.10 Å². The van der Waals surface area contributed by atoms with E-state index in [-0.39, 0.29) is 5.91 Å². The van der Waals surface area contributed by atoms with Gasteiger partial charge in [-0.05, 0) is 66.6 Å². The second kappa shape index (κ2) is 7.04. The third-order valence-corrected chi connectivity index (χ3v) is 3.84. The summed E-state index contributed by atoms with van der Waals surface area (Å²) in [5, 5.41) is 15.0. The van der Waals surface area contributed by atoms with E-state index in [1.54, 1.807) is 30.5 Å². The van der Waals surface area contributed by atoms with Crippen molar-refractivity contribution in [3.8, 4) is 5.69 Å². The summed E-state index contributed by atoms with van der Waals surface area (Å²) in [6, 6.07) is 11.1. The van der Waals surface area contributed by atoms with E-state index in [1.807, 2.05) is 13.8 Å². The number of hydrogen-bond donors (Lipinski definition) is 1. The van der Waals surface area contributed by atoms with E-state index < -0.39 is 0 Å². The maximum Gasteiger partial charge on any atom is 0.271 e. The number of rotatable bonds is 4. The molecule has 126 valence electrons. The number of benzene rings is 2.